The number of halogens is 1. The molecule has 0 bridgehead atoms. The number of benzene rings is 2. The first-order valence-corrected chi connectivity index (χ1v) is 8.17. The fourth-order valence-corrected chi connectivity index (χ4v) is 2.36. The number of hydrogen-bond donors (Lipinski definition) is 2. The minimum atomic E-state index is -0.336. The SMILES string of the molecule is CCOc1ccc(NC(=O)c2cc(Nc3cccc(F)c3)ccn2)cc1. The van der Waals surface area contributed by atoms with Gasteiger partial charge in [0.05, 0.1) is 6.61 Å². The topological polar surface area (TPSA) is 63.2 Å². The maximum absolute atomic E-state index is 13.3. The van der Waals surface area contributed by atoms with Crippen molar-refractivity contribution in [2.75, 3.05) is 17.2 Å². The van der Waals surface area contributed by atoms with Gasteiger partial charge >= 0.3 is 0 Å². The van der Waals surface area contributed by atoms with Crippen LogP contribution in [0.5, 0.6) is 5.75 Å². The molecule has 6 heteroatoms. The molecule has 0 spiro atoms. The number of anilines is 3. The molecule has 0 saturated heterocycles. The lowest BCUT2D eigenvalue weighted by Crippen LogP contribution is -2.13. The fourth-order valence-electron chi connectivity index (χ4n) is 2.36. The Hall–Kier alpha value is -3.41. The number of rotatable bonds is 6. The summed E-state index contributed by atoms with van der Waals surface area (Å²) in [5.74, 6) is 0.0690. The van der Waals surface area contributed by atoms with E-state index in [9.17, 15) is 9.18 Å². The van der Waals surface area contributed by atoms with Crippen LogP contribution in [-0.4, -0.2) is 17.5 Å². The maximum atomic E-state index is 13.3. The fraction of sp³-hybridized carbons (Fsp3) is 0.100. The Bertz CT molecular complexity index is 898. The van der Waals surface area contributed by atoms with Gasteiger partial charge in [-0.05, 0) is 61.5 Å². The zero-order chi connectivity index (χ0) is 18.4. The minimum absolute atomic E-state index is 0.250. The molecule has 0 atom stereocenters. The predicted molar refractivity (Wildman–Crippen MR) is 99.5 cm³/mol. The number of aromatic nitrogens is 1. The molecule has 1 aromatic heterocycles. The quantitative estimate of drug-likeness (QED) is 0.680. The molecule has 5 nitrogen and oxygen atoms in total. The summed E-state index contributed by atoms with van der Waals surface area (Å²) in [4.78, 5) is 16.5. The molecule has 2 aromatic carbocycles. The van der Waals surface area contributed by atoms with Crippen LogP contribution < -0.4 is 15.4 Å². The Balaban J connectivity index is 1.69. The van der Waals surface area contributed by atoms with Gasteiger partial charge in [0, 0.05) is 23.3 Å². The van der Waals surface area contributed by atoms with Gasteiger partial charge in [0.1, 0.15) is 17.3 Å². The number of amides is 1. The smallest absolute Gasteiger partial charge is 0.274 e. The van der Waals surface area contributed by atoms with Crippen LogP contribution in [0, 0.1) is 5.82 Å². The molecular weight excluding hydrogens is 333 g/mol. The number of pyridine rings is 1. The van der Waals surface area contributed by atoms with Crippen molar-refractivity contribution in [2.45, 2.75) is 6.92 Å². The van der Waals surface area contributed by atoms with Crippen molar-refractivity contribution < 1.29 is 13.9 Å². The van der Waals surface area contributed by atoms with Crippen LogP contribution in [0.25, 0.3) is 0 Å². The van der Waals surface area contributed by atoms with E-state index in [2.05, 4.69) is 15.6 Å². The summed E-state index contributed by atoms with van der Waals surface area (Å²) >= 11 is 0. The average Bonchev–Trinajstić information content (AvgIpc) is 2.64. The normalized spacial score (nSPS) is 10.2. The van der Waals surface area contributed by atoms with Crippen LogP contribution in [0.3, 0.4) is 0 Å². The molecule has 0 radical (unpaired) electrons. The summed E-state index contributed by atoms with van der Waals surface area (Å²) in [6.07, 6.45) is 1.52. The van der Waals surface area contributed by atoms with E-state index in [1.807, 2.05) is 6.92 Å². The first kappa shape index (κ1) is 17.4. The Morgan fingerprint density at radius 1 is 1.04 bits per heavy atom. The zero-order valence-electron chi connectivity index (χ0n) is 14.2. The van der Waals surface area contributed by atoms with Gasteiger partial charge < -0.3 is 15.4 Å². The molecule has 3 aromatic rings. The van der Waals surface area contributed by atoms with E-state index in [-0.39, 0.29) is 17.4 Å². The van der Waals surface area contributed by atoms with Crippen LogP contribution >= 0.6 is 0 Å². The second kappa shape index (κ2) is 8.11. The number of carbonyl (C=O) groups excluding carboxylic acids is 1. The summed E-state index contributed by atoms with van der Waals surface area (Å²) in [5, 5.41) is 5.83. The number of ether oxygens (including phenoxy) is 1. The van der Waals surface area contributed by atoms with Crippen molar-refractivity contribution in [1.82, 2.24) is 4.98 Å². The lowest BCUT2D eigenvalue weighted by molar-refractivity contribution is 0.102. The second-order valence-corrected chi connectivity index (χ2v) is 5.48. The standard InChI is InChI=1S/C20H18FN3O2/c1-2-26-18-8-6-15(7-9-18)24-20(25)19-13-17(10-11-22-19)23-16-5-3-4-14(21)12-16/h3-13H,2H2,1H3,(H,22,23)(H,24,25). The summed E-state index contributed by atoms with van der Waals surface area (Å²) < 4.78 is 18.6. The number of nitrogens with zero attached hydrogens (tertiary/aromatic N) is 1. The molecule has 3 rings (SSSR count). The van der Waals surface area contributed by atoms with Gasteiger partial charge in [0.25, 0.3) is 5.91 Å². The van der Waals surface area contributed by atoms with Gasteiger partial charge in [0.15, 0.2) is 0 Å². The average molecular weight is 351 g/mol. The Morgan fingerprint density at radius 3 is 2.54 bits per heavy atom. The highest BCUT2D eigenvalue weighted by molar-refractivity contribution is 6.03. The predicted octanol–water partition coefficient (Wildman–Crippen LogP) is 4.62. The molecular formula is C20H18FN3O2. The zero-order valence-corrected chi connectivity index (χ0v) is 14.2. The lowest BCUT2D eigenvalue weighted by atomic mass is 10.2. The van der Waals surface area contributed by atoms with Gasteiger partial charge in [-0.1, -0.05) is 6.07 Å². The van der Waals surface area contributed by atoms with Crippen molar-refractivity contribution in [2.24, 2.45) is 0 Å². The van der Waals surface area contributed by atoms with Gasteiger partial charge in [0.2, 0.25) is 0 Å². The Kier molecular flexibility index (Phi) is 5.43. The van der Waals surface area contributed by atoms with Crippen molar-refractivity contribution in [3.8, 4) is 5.75 Å². The van der Waals surface area contributed by atoms with Gasteiger partial charge in [-0.15, -0.1) is 0 Å². The highest BCUT2D eigenvalue weighted by Gasteiger charge is 2.09. The van der Waals surface area contributed by atoms with Crippen molar-refractivity contribution in [3.63, 3.8) is 0 Å². The monoisotopic (exact) mass is 351 g/mol. The Morgan fingerprint density at radius 2 is 1.81 bits per heavy atom. The van der Waals surface area contributed by atoms with Crippen LogP contribution in [0.4, 0.5) is 21.5 Å². The van der Waals surface area contributed by atoms with E-state index >= 15 is 0 Å². The van der Waals surface area contributed by atoms with Crippen LogP contribution in [-0.2, 0) is 0 Å². The molecule has 0 aliphatic heterocycles. The summed E-state index contributed by atoms with van der Waals surface area (Å²) in [6, 6.07) is 16.5. The largest absolute Gasteiger partial charge is 0.494 e. The number of carbonyl (C=O) groups is 1. The van der Waals surface area contributed by atoms with Crippen molar-refractivity contribution >= 4 is 23.0 Å². The number of hydrogen-bond acceptors (Lipinski definition) is 4. The molecule has 0 fully saturated rings. The molecule has 2 N–H and O–H groups in total. The van der Waals surface area contributed by atoms with Gasteiger partial charge in [-0.2, -0.15) is 0 Å². The Labute approximate surface area is 150 Å². The molecule has 0 unspecified atom stereocenters. The highest BCUT2D eigenvalue weighted by atomic mass is 19.1. The third kappa shape index (κ3) is 4.57. The number of nitrogens with one attached hydrogen (secondary N) is 2. The van der Waals surface area contributed by atoms with E-state index in [1.54, 1.807) is 48.5 Å². The third-order valence-electron chi connectivity index (χ3n) is 3.53. The van der Waals surface area contributed by atoms with E-state index in [4.69, 9.17) is 4.74 Å². The van der Waals surface area contributed by atoms with E-state index in [1.165, 1.54) is 18.3 Å². The van der Waals surface area contributed by atoms with E-state index in [0.717, 1.165) is 5.75 Å². The van der Waals surface area contributed by atoms with E-state index in [0.29, 0.717) is 23.7 Å². The van der Waals surface area contributed by atoms with Crippen LogP contribution in [0.15, 0.2) is 66.9 Å². The van der Waals surface area contributed by atoms with Crippen molar-refractivity contribution in [1.29, 1.82) is 0 Å². The molecule has 0 aliphatic rings. The molecule has 1 amide bonds. The second-order valence-electron chi connectivity index (χ2n) is 5.48. The molecule has 1 heterocycles. The lowest BCUT2D eigenvalue weighted by Gasteiger charge is -2.09. The van der Waals surface area contributed by atoms with Crippen LogP contribution in [0.1, 0.15) is 17.4 Å². The van der Waals surface area contributed by atoms with Gasteiger partial charge in [-0.3, -0.25) is 9.78 Å². The van der Waals surface area contributed by atoms with Crippen LogP contribution in [0.2, 0.25) is 0 Å². The maximum Gasteiger partial charge on any atom is 0.274 e. The molecule has 0 saturated carbocycles. The molecule has 26 heavy (non-hydrogen) atoms. The van der Waals surface area contributed by atoms with Gasteiger partial charge in [-0.25, -0.2) is 4.39 Å². The minimum Gasteiger partial charge on any atom is -0.494 e. The van der Waals surface area contributed by atoms with Crippen molar-refractivity contribution in [3.05, 3.63) is 78.4 Å². The first-order valence-electron chi connectivity index (χ1n) is 8.17. The first-order chi connectivity index (χ1) is 12.6. The summed E-state index contributed by atoms with van der Waals surface area (Å²) in [5.41, 5.74) is 2.13. The molecule has 0 aliphatic carbocycles. The summed E-state index contributed by atoms with van der Waals surface area (Å²) in [6.45, 7) is 2.49. The molecule has 132 valence electrons. The van der Waals surface area contributed by atoms with E-state index < -0.39 is 0 Å². The third-order valence-corrected chi connectivity index (χ3v) is 3.53. The highest BCUT2D eigenvalue weighted by Crippen LogP contribution is 2.19. The summed E-state index contributed by atoms with van der Waals surface area (Å²) in [7, 11) is 0.